The Bertz CT molecular complexity index is 1090. The molecule has 32 heavy (non-hydrogen) atoms. The van der Waals surface area contributed by atoms with E-state index in [4.69, 9.17) is 4.74 Å². The summed E-state index contributed by atoms with van der Waals surface area (Å²) in [7, 11) is -2.05. The van der Waals surface area contributed by atoms with Gasteiger partial charge in [0.1, 0.15) is 16.3 Å². The van der Waals surface area contributed by atoms with Crippen LogP contribution in [0.3, 0.4) is 0 Å². The van der Waals surface area contributed by atoms with Gasteiger partial charge in [0.15, 0.2) is 0 Å². The molecular weight excluding hydrogens is 452 g/mol. The molecule has 2 aliphatic heterocycles. The maximum Gasteiger partial charge on any atom is 0.270 e. The first-order valence-electron chi connectivity index (χ1n) is 10.4. The van der Waals surface area contributed by atoms with Crippen LogP contribution in [0.4, 0.5) is 0 Å². The SMILES string of the molecule is COc1cccc(C(=O)N2CCN(C(=O)c3cc(S(=O)(=O)N4CCSCC4)c[nH]3)CC2)c1. The number of methoxy groups -OCH3 is 1. The Morgan fingerprint density at radius 3 is 2.28 bits per heavy atom. The van der Waals surface area contributed by atoms with Gasteiger partial charge in [-0.05, 0) is 24.3 Å². The van der Waals surface area contributed by atoms with Crippen LogP contribution in [0.5, 0.6) is 5.75 Å². The molecule has 9 nitrogen and oxygen atoms in total. The number of sulfonamides is 1. The summed E-state index contributed by atoms with van der Waals surface area (Å²) >= 11 is 1.73. The van der Waals surface area contributed by atoms with E-state index in [-0.39, 0.29) is 22.4 Å². The van der Waals surface area contributed by atoms with Crippen molar-refractivity contribution in [2.75, 3.05) is 57.9 Å². The molecule has 1 N–H and O–H groups in total. The van der Waals surface area contributed by atoms with E-state index >= 15 is 0 Å². The molecule has 0 bridgehead atoms. The lowest BCUT2D eigenvalue weighted by Gasteiger charge is -2.34. The zero-order valence-electron chi connectivity index (χ0n) is 17.8. The molecule has 0 unspecified atom stereocenters. The standard InChI is InChI=1S/C21H26N4O5S2/c1-30-17-4-2-3-16(13-17)20(26)23-5-7-24(8-6-23)21(27)19-14-18(15-22-19)32(28,29)25-9-11-31-12-10-25/h2-4,13-15,22H,5-12H2,1H3. The van der Waals surface area contributed by atoms with Crippen LogP contribution >= 0.6 is 11.8 Å². The van der Waals surface area contributed by atoms with Gasteiger partial charge in [-0.2, -0.15) is 16.1 Å². The van der Waals surface area contributed by atoms with Crippen molar-refractivity contribution in [1.82, 2.24) is 19.1 Å². The van der Waals surface area contributed by atoms with Crippen LogP contribution in [0.25, 0.3) is 0 Å². The number of ether oxygens (including phenoxy) is 1. The maximum atomic E-state index is 12.9. The van der Waals surface area contributed by atoms with E-state index in [0.717, 1.165) is 11.5 Å². The number of amides is 2. The Morgan fingerprint density at radius 1 is 0.969 bits per heavy atom. The fourth-order valence-electron chi connectivity index (χ4n) is 3.80. The number of rotatable bonds is 5. The molecule has 4 rings (SSSR count). The predicted octanol–water partition coefficient (Wildman–Crippen LogP) is 1.36. The molecule has 2 aliphatic rings. The predicted molar refractivity (Wildman–Crippen MR) is 122 cm³/mol. The molecule has 0 atom stereocenters. The van der Waals surface area contributed by atoms with Crippen LogP contribution in [0.15, 0.2) is 41.4 Å². The maximum absolute atomic E-state index is 12.9. The molecule has 11 heteroatoms. The van der Waals surface area contributed by atoms with Crippen molar-refractivity contribution in [3.63, 3.8) is 0 Å². The summed E-state index contributed by atoms with van der Waals surface area (Å²) in [4.78, 5) is 32.0. The number of nitrogens with one attached hydrogen (secondary N) is 1. The van der Waals surface area contributed by atoms with Crippen molar-refractivity contribution in [3.8, 4) is 5.75 Å². The molecular formula is C21H26N4O5S2. The van der Waals surface area contributed by atoms with Gasteiger partial charge in [-0.25, -0.2) is 8.42 Å². The van der Waals surface area contributed by atoms with E-state index in [2.05, 4.69) is 4.98 Å². The number of thioether (sulfide) groups is 1. The van der Waals surface area contributed by atoms with Crippen molar-refractivity contribution < 1.29 is 22.7 Å². The Kier molecular flexibility index (Phi) is 6.77. The summed E-state index contributed by atoms with van der Waals surface area (Å²) in [6, 6.07) is 8.40. The van der Waals surface area contributed by atoms with E-state index in [1.54, 1.807) is 52.9 Å². The van der Waals surface area contributed by atoms with Gasteiger partial charge in [-0.3, -0.25) is 9.59 Å². The second-order valence-corrected chi connectivity index (χ2v) is 10.7. The van der Waals surface area contributed by atoms with Gasteiger partial charge in [0, 0.05) is 62.5 Å². The number of carbonyl (C=O) groups excluding carboxylic acids is 2. The minimum absolute atomic E-state index is 0.107. The summed E-state index contributed by atoms with van der Waals surface area (Å²) in [5, 5.41) is 0. The molecule has 0 saturated carbocycles. The van der Waals surface area contributed by atoms with Gasteiger partial charge in [0.25, 0.3) is 11.8 Å². The summed E-state index contributed by atoms with van der Waals surface area (Å²) in [5.41, 5.74) is 0.780. The van der Waals surface area contributed by atoms with Crippen molar-refractivity contribution in [2.45, 2.75) is 4.90 Å². The highest BCUT2D eigenvalue weighted by molar-refractivity contribution is 7.99. The van der Waals surface area contributed by atoms with Crippen LogP contribution < -0.4 is 4.74 Å². The van der Waals surface area contributed by atoms with E-state index in [1.807, 2.05) is 0 Å². The van der Waals surface area contributed by atoms with Gasteiger partial charge >= 0.3 is 0 Å². The topological polar surface area (TPSA) is 103 Å². The third-order valence-electron chi connectivity index (χ3n) is 5.67. The molecule has 0 spiro atoms. The number of carbonyl (C=O) groups is 2. The lowest BCUT2D eigenvalue weighted by atomic mass is 10.1. The zero-order chi connectivity index (χ0) is 22.7. The van der Waals surface area contributed by atoms with E-state index in [9.17, 15) is 18.0 Å². The molecule has 3 heterocycles. The number of hydrogen-bond acceptors (Lipinski definition) is 6. The van der Waals surface area contributed by atoms with Gasteiger partial charge in [0.05, 0.1) is 7.11 Å². The van der Waals surface area contributed by atoms with Gasteiger partial charge in [-0.15, -0.1) is 0 Å². The molecule has 0 radical (unpaired) electrons. The molecule has 172 valence electrons. The van der Waals surface area contributed by atoms with Crippen molar-refractivity contribution in [3.05, 3.63) is 47.8 Å². The first-order valence-corrected chi connectivity index (χ1v) is 13.0. The number of hydrogen-bond donors (Lipinski definition) is 1. The lowest BCUT2D eigenvalue weighted by Crippen LogP contribution is -2.50. The first kappa shape index (κ1) is 22.7. The summed E-state index contributed by atoms with van der Waals surface area (Å²) < 4.78 is 32.3. The highest BCUT2D eigenvalue weighted by atomic mass is 32.2. The molecule has 2 saturated heterocycles. The summed E-state index contributed by atoms with van der Waals surface area (Å²) in [6.07, 6.45) is 1.38. The first-order chi connectivity index (χ1) is 15.4. The van der Waals surface area contributed by atoms with Crippen LogP contribution in [-0.2, 0) is 10.0 Å². The average Bonchev–Trinajstić information content (AvgIpc) is 3.35. The van der Waals surface area contributed by atoms with Crippen LogP contribution in [0.2, 0.25) is 0 Å². The number of H-pyrrole nitrogens is 1. The van der Waals surface area contributed by atoms with E-state index in [0.29, 0.717) is 50.6 Å². The third-order valence-corrected chi connectivity index (χ3v) is 8.48. The fraction of sp³-hybridized carbons (Fsp3) is 0.429. The second kappa shape index (κ2) is 9.55. The van der Waals surface area contributed by atoms with E-state index < -0.39 is 10.0 Å². The summed E-state index contributed by atoms with van der Waals surface area (Å²) in [5.74, 6) is 1.78. The van der Waals surface area contributed by atoms with Crippen molar-refractivity contribution in [2.24, 2.45) is 0 Å². The Balaban J connectivity index is 1.38. The van der Waals surface area contributed by atoms with Crippen molar-refractivity contribution in [1.29, 1.82) is 0 Å². The number of nitrogens with zero attached hydrogens (tertiary/aromatic N) is 3. The summed E-state index contributed by atoms with van der Waals surface area (Å²) in [6.45, 7) is 2.51. The normalized spacial score (nSPS) is 17.9. The van der Waals surface area contributed by atoms with Crippen LogP contribution in [0.1, 0.15) is 20.8 Å². The minimum Gasteiger partial charge on any atom is -0.497 e. The van der Waals surface area contributed by atoms with Crippen LogP contribution in [0, 0.1) is 0 Å². The lowest BCUT2D eigenvalue weighted by molar-refractivity contribution is 0.0532. The molecule has 2 aromatic rings. The van der Waals surface area contributed by atoms with Gasteiger partial charge in [-0.1, -0.05) is 6.07 Å². The van der Waals surface area contributed by atoms with Gasteiger partial charge in [0.2, 0.25) is 10.0 Å². The van der Waals surface area contributed by atoms with E-state index in [1.165, 1.54) is 16.6 Å². The van der Waals surface area contributed by atoms with Crippen molar-refractivity contribution >= 4 is 33.6 Å². The zero-order valence-corrected chi connectivity index (χ0v) is 19.5. The third kappa shape index (κ3) is 4.64. The molecule has 0 aliphatic carbocycles. The fourth-order valence-corrected chi connectivity index (χ4v) is 6.37. The molecule has 1 aromatic carbocycles. The number of benzene rings is 1. The Hall–Kier alpha value is -2.50. The minimum atomic E-state index is -3.61. The quantitative estimate of drug-likeness (QED) is 0.696. The second-order valence-electron chi connectivity index (χ2n) is 7.58. The highest BCUT2D eigenvalue weighted by Gasteiger charge is 2.30. The number of aromatic nitrogens is 1. The number of aromatic amines is 1. The van der Waals surface area contributed by atoms with Gasteiger partial charge < -0.3 is 19.5 Å². The number of piperazine rings is 1. The smallest absolute Gasteiger partial charge is 0.270 e. The molecule has 1 aromatic heterocycles. The Morgan fingerprint density at radius 2 is 1.62 bits per heavy atom. The molecule has 2 amide bonds. The monoisotopic (exact) mass is 478 g/mol. The largest absolute Gasteiger partial charge is 0.497 e. The molecule has 2 fully saturated rings. The van der Waals surface area contributed by atoms with Crippen LogP contribution in [-0.4, -0.2) is 97.2 Å². The highest BCUT2D eigenvalue weighted by Crippen LogP contribution is 2.22. The Labute approximate surface area is 191 Å². The average molecular weight is 479 g/mol.